The van der Waals surface area contributed by atoms with Crippen molar-refractivity contribution < 1.29 is 14.4 Å². The van der Waals surface area contributed by atoms with Crippen molar-refractivity contribution in [1.82, 2.24) is 10.2 Å². The summed E-state index contributed by atoms with van der Waals surface area (Å²) in [6.07, 6.45) is 0. The Morgan fingerprint density at radius 1 is 0.889 bits per heavy atom. The van der Waals surface area contributed by atoms with Crippen molar-refractivity contribution in [3.63, 3.8) is 0 Å². The van der Waals surface area contributed by atoms with Crippen LogP contribution >= 0.6 is 23.1 Å². The van der Waals surface area contributed by atoms with Crippen LogP contribution in [-0.2, 0) is 0 Å². The van der Waals surface area contributed by atoms with Crippen LogP contribution in [0.1, 0.15) is 38.0 Å². The maximum atomic E-state index is 12.3. The molecule has 0 fully saturated rings. The molecule has 1 aromatic heterocycles. The molecule has 1 heterocycles. The Morgan fingerprint density at radius 3 is 2.11 bits per heavy atom. The van der Waals surface area contributed by atoms with Crippen molar-refractivity contribution in [2.45, 2.75) is 11.3 Å². The molecular formula is C19H15N3O3S2. The van der Waals surface area contributed by atoms with Crippen LogP contribution in [0.5, 0.6) is 0 Å². The zero-order valence-corrected chi connectivity index (χ0v) is 16.0. The second-order valence-corrected chi connectivity index (χ2v) is 7.85. The Labute approximate surface area is 164 Å². The second-order valence-electron chi connectivity index (χ2n) is 5.36. The van der Waals surface area contributed by atoms with Gasteiger partial charge in [-0.25, -0.2) is 0 Å². The number of thioether (sulfide) groups is 1. The first-order chi connectivity index (χ1) is 13.1. The number of rotatable bonds is 7. The number of carbonyl (C=O) groups excluding carboxylic acids is 3. The number of nitrogens with one attached hydrogen (secondary N) is 1. The normalized spacial score (nSPS) is 10.4. The minimum absolute atomic E-state index is 0.234. The summed E-state index contributed by atoms with van der Waals surface area (Å²) in [5.74, 6) is -0.673. The van der Waals surface area contributed by atoms with E-state index in [-0.39, 0.29) is 11.5 Å². The summed E-state index contributed by atoms with van der Waals surface area (Å²) < 4.78 is 0.785. The molecule has 1 amide bonds. The molecule has 0 atom stereocenters. The van der Waals surface area contributed by atoms with Crippen LogP contribution in [0.15, 0.2) is 58.9 Å². The maximum Gasteiger partial charge on any atom is 0.257 e. The molecule has 27 heavy (non-hydrogen) atoms. The van der Waals surface area contributed by atoms with Gasteiger partial charge in [-0.1, -0.05) is 72.5 Å². The number of aromatic nitrogens is 2. The third kappa shape index (κ3) is 4.66. The van der Waals surface area contributed by atoms with Gasteiger partial charge in [0.05, 0.1) is 0 Å². The van der Waals surface area contributed by atoms with Gasteiger partial charge in [0.15, 0.2) is 4.34 Å². The summed E-state index contributed by atoms with van der Waals surface area (Å²) in [4.78, 5) is 36.8. The third-order valence-corrected chi connectivity index (χ3v) is 5.40. The molecule has 0 radical (unpaired) electrons. The molecule has 0 unspecified atom stereocenters. The van der Waals surface area contributed by atoms with Crippen molar-refractivity contribution in [2.75, 3.05) is 11.1 Å². The average Bonchev–Trinajstić information content (AvgIpc) is 3.15. The standard InChI is InChI=1S/C19H15N3O3S2/c1-2-26-19-22-21-18(27-19)20-17(25)14-10-8-13(9-11-14)16(24)15(23)12-6-4-3-5-7-12/h3-11H,2H2,1H3,(H,20,21,25). The number of Topliss-reactive ketones (excluding diaryl/α,β-unsaturated/α-hetero) is 2. The molecule has 1 N–H and O–H groups in total. The highest BCUT2D eigenvalue weighted by Crippen LogP contribution is 2.25. The van der Waals surface area contributed by atoms with E-state index in [4.69, 9.17) is 0 Å². The highest BCUT2D eigenvalue weighted by atomic mass is 32.2. The van der Waals surface area contributed by atoms with Gasteiger partial charge in [0.2, 0.25) is 16.7 Å². The van der Waals surface area contributed by atoms with Gasteiger partial charge in [-0.15, -0.1) is 10.2 Å². The minimum atomic E-state index is -0.612. The van der Waals surface area contributed by atoms with Crippen molar-refractivity contribution >= 4 is 45.7 Å². The predicted octanol–water partition coefficient (Wildman–Crippen LogP) is 3.97. The molecule has 0 saturated carbocycles. The van der Waals surface area contributed by atoms with E-state index < -0.39 is 11.6 Å². The highest BCUT2D eigenvalue weighted by Gasteiger charge is 2.18. The van der Waals surface area contributed by atoms with Gasteiger partial charge in [-0.05, 0) is 17.9 Å². The molecule has 0 spiro atoms. The molecule has 6 nitrogen and oxygen atoms in total. The fourth-order valence-corrected chi connectivity index (χ4v) is 3.88. The van der Waals surface area contributed by atoms with Gasteiger partial charge in [-0.2, -0.15) is 0 Å². The summed E-state index contributed by atoms with van der Waals surface area (Å²) in [5.41, 5.74) is 0.929. The molecule has 0 aliphatic heterocycles. The minimum Gasteiger partial charge on any atom is -0.296 e. The number of amides is 1. The number of ketones is 2. The Morgan fingerprint density at radius 2 is 1.48 bits per heavy atom. The Bertz CT molecular complexity index is 969. The number of nitrogens with zero attached hydrogens (tertiary/aromatic N) is 2. The van der Waals surface area contributed by atoms with E-state index in [0.717, 1.165) is 10.1 Å². The fourth-order valence-electron chi connectivity index (χ4n) is 2.24. The Kier molecular flexibility index (Phi) is 6.10. The molecule has 0 aliphatic rings. The van der Waals surface area contributed by atoms with E-state index >= 15 is 0 Å². The van der Waals surface area contributed by atoms with Gasteiger partial charge in [0, 0.05) is 16.7 Å². The third-order valence-electron chi connectivity index (χ3n) is 3.55. The first-order valence-electron chi connectivity index (χ1n) is 8.10. The SMILES string of the molecule is CCSc1nnc(NC(=O)c2ccc(C(=O)C(=O)c3ccccc3)cc2)s1. The topological polar surface area (TPSA) is 89.0 Å². The van der Waals surface area contributed by atoms with Crippen LogP contribution in [0.2, 0.25) is 0 Å². The van der Waals surface area contributed by atoms with Crippen molar-refractivity contribution in [1.29, 1.82) is 0 Å². The molecule has 3 rings (SSSR count). The molecule has 2 aromatic carbocycles. The quantitative estimate of drug-likeness (QED) is 0.281. The van der Waals surface area contributed by atoms with Gasteiger partial charge in [0.1, 0.15) is 0 Å². The number of hydrogen-bond acceptors (Lipinski definition) is 7. The monoisotopic (exact) mass is 397 g/mol. The van der Waals surface area contributed by atoms with Crippen molar-refractivity contribution in [3.8, 4) is 0 Å². The van der Waals surface area contributed by atoms with Crippen molar-refractivity contribution in [3.05, 3.63) is 71.3 Å². The Balaban J connectivity index is 1.68. The lowest BCUT2D eigenvalue weighted by molar-refractivity contribution is 0.0817. The van der Waals surface area contributed by atoms with E-state index in [2.05, 4.69) is 15.5 Å². The first-order valence-corrected chi connectivity index (χ1v) is 9.90. The van der Waals surface area contributed by atoms with Gasteiger partial charge < -0.3 is 0 Å². The number of hydrogen-bond donors (Lipinski definition) is 1. The first kappa shape index (κ1) is 18.9. The lowest BCUT2D eigenvalue weighted by Gasteiger charge is -2.04. The van der Waals surface area contributed by atoms with Gasteiger partial charge in [-0.3, -0.25) is 19.7 Å². The van der Waals surface area contributed by atoms with Gasteiger partial charge >= 0.3 is 0 Å². The number of benzene rings is 2. The smallest absolute Gasteiger partial charge is 0.257 e. The summed E-state index contributed by atoms with van der Waals surface area (Å²) in [5, 5.41) is 11.0. The zero-order valence-electron chi connectivity index (χ0n) is 14.3. The summed E-state index contributed by atoms with van der Waals surface area (Å²) >= 11 is 2.85. The summed E-state index contributed by atoms with van der Waals surface area (Å²) in [6, 6.07) is 14.3. The fraction of sp³-hybridized carbons (Fsp3) is 0.105. The second kappa shape index (κ2) is 8.70. The van der Waals surface area contributed by atoms with Crippen molar-refractivity contribution in [2.24, 2.45) is 0 Å². The maximum absolute atomic E-state index is 12.3. The predicted molar refractivity (Wildman–Crippen MR) is 106 cm³/mol. The summed E-state index contributed by atoms with van der Waals surface area (Å²) in [6.45, 7) is 2.01. The van der Waals surface area contributed by atoms with Crippen LogP contribution in [0.3, 0.4) is 0 Å². The van der Waals surface area contributed by atoms with E-state index in [9.17, 15) is 14.4 Å². The molecule has 0 bridgehead atoms. The average molecular weight is 397 g/mol. The van der Waals surface area contributed by atoms with Crippen LogP contribution in [0.25, 0.3) is 0 Å². The molecule has 136 valence electrons. The number of carbonyl (C=O) groups is 3. The lowest BCUT2D eigenvalue weighted by Crippen LogP contribution is -2.15. The van der Waals surface area contributed by atoms with Crippen LogP contribution in [-0.4, -0.2) is 33.4 Å². The van der Waals surface area contributed by atoms with E-state index in [0.29, 0.717) is 16.3 Å². The molecule has 0 saturated heterocycles. The summed E-state index contributed by atoms with van der Waals surface area (Å²) in [7, 11) is 0. The zero-order chi connectivity index (χ0) is 19.2. The van der Waals surface area contributed by atoms with E-state index in [1.165, 1.54) is 35.6 Å². The van der Waals surface area contributed by atoms with Gasteiger partial charge in [0.25, 0.3) is 5.91 Å². The van der Waals surface area contributed by atoms with Crippen LogP contribution in [0.4, 0.5) is 5.13 Å². The molecule has 3 aromatic rings. The largest absolute Gasteiger partial charge is 0.296 e. The van der Waals surface area contributed by atoms with E-state index in [1.807, 2.05) is 6.92 Å². The van der Waals surface area contributed by atoms with E-state index in [1.54, 1.807) is 42.1 Å². The highest BCUT2D eigenvalue weighted by molar-refractivity contribution is 8.01. The number of anilines is 1. The van der Waals surface area contributed by atoms with Crippen LogP contribution < -0.4 is 5.32 Å². The molecular weight excluding hydrogens is 382 g/mol. The molecule has 0 aliphatic carbocycles. The molecule has 8 heteroatoms. The Hall–Kier alpha value is -2.84. The van der Waals surface area contributed by atoms with Crippen LogP contribution in [0, 0.1) is 0 Å². The lowest BCUT2D eigenvalue weighted by atomic mass is 10.0.